The highest BCUT2D eigenvalue weighted by Crippen LogP contribution is 2.27. The number of hydrogen-bond acceptors (Lipinski definition) is 3. The molecule has 0 fully saturated rings. The second kappa shape index (κ2) is 8.88. The van der Waals surface area contributed by atoms with Crippen LogP contribution in [0.3, 0.4) is 0 Å². The van der Waals surface area contributed by atoms with Gasteiger partial charge in [0.15, 0.2) is 0 Å². The lowest BCUT2D eigenvalue weighted by Crippen LogP contribution is -2.36. The second-order valence-electron chi connectivity index (χ2n) is 7.62. The number of nitrogens with zero attached hydrogens (tertiary/aromatic N) is 1. The summed E-state index contributed by atoms with van der Waals surface area (Å²) in [6.45, 7) is 2.65. The smallest absolute Gasteiger partial charge is 0.248 e. The first-order valence-electron chi connectivity index (χ1n) is 10.1. The quantitative estimate of drug-likeness (QED) is 0.608. The van der Waals surface area contributed by atoms with Gasteiger partial charge in [-0.25, -0.2) is 8.42 Å². The van der Waals surface area contributed by atoms with E-state index in [1.807, 2.05) is 55.5 Å². The largest absolute Gasteiger partial charge is 0.323 e. The number of aryl methyl sites for hydroxylation is 1. The Morgan fingerprint density at radius 2 is 1.71 bits per heavy atom. The van der Waals surface area contributed by atoms with Crippen molar-refractivity contribution in [3.05, 3.63) is 101 Å². The molecular formula is C25H24N2O3S. The summed E-state index contributed by atoms with van der Waals surface area (Å²) in [4.78, 5) is 12.6. The molecule has 0 aromatic heterocycles. The summed E-state index contributed by atoms with van der Waals surface area (Å²) in [6, 6.07) is 22.2. The summed E-state index contributed by atoms with van der Waals surface area (Å²) in [6.07, 6.45) is 3.88. The molecule has 0 atom stereocenters. The van der Waals surface area contributed by atoms with E-state index in [9.17, 15) is 13.2 Å². The molecule has 4 rings (SSSR count). The minimum atomic E-state index is -3.56. The third-order valence-corrected chi connectivity index (χ3v) is 7.20. The molecule has 1 aliphatic heterocycles. The summed E-state index contributed by atoms with van der Waals surface area (Å²) in [5.74, 6) is -0.233. The second-order valence-corrected chi connectivity index (χ2v) is 9.56. The van der Waals surface area contributed by atoms with E-state index in [-0.39, 0.29) is 12.5 Å². The highest BCUT2D eigenvalue weighted by Gasteiger charge is 2.28. The number of fused-ring (bicyclic) bond motifs is 1. The third kappa shape index (κ3) is 4.93. The van der Waals surface area contributed by atoms with Gasteiger partial charge in [0.1, 0.15) is 0 Å². The molecule has 1 N–H and O–H groups in total. The maximum absolute atomic E-state index is 13.0. The van der Waals surface area contributed by atoms with Crippen LogP contribution in [0.4, 0.5) is 5.69 Å². The molecule has 1 amide bonds. The van der Waals surface area contributed by atoms with Crippen LogP contribution in [-0.4, -0.2) is 25.2 Å². The van der Waals surface area contributed by atoms with E-state index in [4.69, 9.17) is 0 Å². The molecule has 0 aliphatic carbocycles. The van der Waals surface area contributed by atoms with E-state index in [0.29, 0.717) is 23.5 Å². The Labute approximate surface area is 183 Å². The first-order valence-corrected chi connectivity index (χ1v) is 11.6. The van der Waals surface area contributed by atoms with Gasteiger partial charge in [-0.15, -0.1) is 0 Å². The molecule has 0 spiro atoms. The van der Waals surface area contributed by atoms with E-state index >= 15 is 0 Å². The average molecular weight is 433 g/mol. The van der Waals surface area contributed by atoms with Gasteiger partial charge in [-0.1, -0.05) is 54.1 Å². The molecular weight excluding hydrogens is 408 g/mol. The molecule has 0 saturated heterocycles. The number of benzene rings is 3. The Bertz CT molecular complexity index is 1220. The van der Waals surface area contributed by atoms with Gasteiger partial charge in [0, 0.05) is 24.9 Å². The molecule has 0 radical (unpaired) electrons. The average Bonchev–Trinajstić information content (AvgIpc) is 2.78. The van der Waals surface area contributed by atoms with Crippen LogP contribution < -0.4 is 5.32 Å². The molecule has 31 heavy (non-hydrogen) atoms. The molecule has 1 aliphatic rings. The van der Waals surface area contributed by atoms with Gasteiger partial charge in [0.25, 0.3) is 0 Å². The van der Waals surface area contributed by atoms with Crippen LogP contribution in [0.5, 0.6) is 0 Å². The lowest BCUT2D eigenvalue weighted by atomic mass is 10.0. The normalized spacial score (nSPS) is 14.4. The van der Waals surface area contributed by atoms with E-state index in [0.717, 1.165) is 22.3 Å². The van der Waals surface area contributed by atoms with Crippen LogP contribution in [-0.2, 0) is 27.8 Å². The number of hydrogen-bond donors (Lipinski definition) is 1. The van der Waals surface area contributed by atoms with Gasteiger partial charge < -0.3 is 5.32 Å². The van der Waals surface area contributed by atoms with Crippen LogP contribution in [0.2, 0.25) is 0 Å². The SMILES string of the molecule is Cc1ccc(S(=O)(=O)N2CCc3ccc(NC(=O)/C=C/c4ccccc4)cc3C2)cc1. The highest BCUT2D eigenvalue weighted by atomic mass is 32.2. The predicted molar refractivity (Wildman–Crippen MR) is 123 cm³/mol. The number of sulfonamides is 1. The first kappa shape index (κ1) is 21.0. The maximum atomic E-state index is 13.0. The van der Waals surface area contributed by atoms with Crippen LogP contribution in [0, 0.1) is 6.92 Å². The molecule has 1 heterocycles. The maximum Gasteiger partial charge on any atom is 0.248 e. The Balaban J connectivity index is 1.48. The van der Waals surface area contributed by atoms with Gasteiger partial charge in [0.2, 0.25) is 15.9 Å². The summed E-state index contributed by atoms with van der Waals surface area (Å²) in [5.41, 5.74) is 4.63. The van der Waals surface area contributed by atoms with Crippen molar-refractivity contribution in [2.45, 2.75) is 24.8 Å². The fourth-order valence-electron chi connectivity index (χ4n) is 3.59. The van der Waals surface area contributed by atoms with Gasteiger partial charge in [-0.2, -0.15) is 4.31 Å². The van der Waals surface area contributed by atoms with Crippen molar-refractivity contribution >= 4 is 27.7 Å². The minimum absolute atomic E-state index is 0.233. The first-order chi connectivity index (χ1) is 14.9. The monoisotopic (exact) mass is 432 g/mol. The van der Waals surface area contributed by atoms with Crippen molar-refractivity contribution in [2.75, 3.05) is 11.9 Å². The van der Waals surface area contributed by atoms with Crippen molar-refractivity contribution in [1.29, 1.82) is 0 Å². The Hall–Kier alpha value is -3.22. The van der Waals surface area contributed by atoms with Crippen LogP contribution in [0.25, 0.3) is 6.08 Å². The predicted octanol–water partition coefficient (Wildman–Crippen LogP) is 4.39. The zero-order valence-corrected chi connectivity index (χ0v) is 18.1. The van der Waals surface area contributed by atoms with Gasteiger partial charge in [-0.05, 0) is 60.4 Å². The zero-order valence-electron chi connectivity index (χ0n) is 17.3. The number of carbonyl (C=O) groups excluding carboxylic acids is 1. The molecule has 158 valence electrons. The van der Waals surface area contributed by atoms with Gasteiger partial charge in [-0.3, -0.25) is 4.79 Å². The summed E-state index contributed by atoms with van der Waals surface area (Å²) < 4.78 is 27.6. The summed E-state index contributed by atoms with van der Waals surface area (Å²) in [7, 11) is -3.56. The fraction of sp³-hybridized carbons (Fsp3) is 0.160. The number of anilines is 1. The third-order valence-electron chi connectivity index (χ3n) is 5.34. The lowest BCUT2D eigenvalue weighted by molar-refractivity contribution is -0.111. The number of carbonyl (C=O) groups is 1. The standard InChI is InChI=1S/C25H24N2O3S/c1-19-7-12-24(13-8-19)31(29,30)27-16-15-21-10-11-23(17-22(21)18-27)26-25(28)14-9-20-5-3-2-4-6-20/h2-14,17H,15-16,18H2,1H3,(H,26,28)/b14-9+. The van der Waals surface area contributed by atoms with Crippen LogP contribution >= 0.6 is 0 Å². The van der Waals surface area contributed by atoms with Gasteiger partial charge in [0.05, 0.1) is 4.90 Å². The Morgan fingerprint density at radius 1 is 0.968 bits per heavy atom. The fourth-order valence-corrected chi connectivity index (χ4v) is 5.01. The van der Waals surface area contributed by atoms with Crippen molar-refractivity contribution < 1.29 is 13.2 Å². The zero-order chi connectivity index (χ0) is 21.8. The molecule has 0 unspecified atom stereocenters. The molecule has 5 nitrogen and oxygen atoms in total. The van der Waals surface area contributed by atoms with Crippen molar-refractivity contribution in [3.63, 3.8) is 0 Å². The van der Waals surface area contributed by atoms with Gasteiger partial charge >= 0.3 is 0 Å². The lowest BCUT2D eigenvalue weighted by Gasteiger charge is -2.28. The molecule has 0 bridgehead atoms. The van der Waals surface area contributed by atoms with E-state index < -0.39 is 10.0 Å². The number of amides is 1. The Kier molecular flexibility index (Phi) is 6.02. The van der Waals surface area contributed by atoms with Crippen LogP contribution in [0.1, 0.15) is 22.3 Å². The van der Waals surface area contributed by atoms with Crippen molar-refractivity contribution in [1.82, 2.24) is 4.31 Å². The minimum Gasteiger partial charge on any atom is -0.323 e. The number of rotatable bonds is 5. The highest BCUT2D eigenvalue weighted by molar-refractivity contribution is 7.89. The Morgan fingerprint density at radius 3 is 2.45 bits per heavy atom. The van der Waals surface area contributed by atoms with Crippen molar-refractivity contribution in [2.24, 2.45) is 0 Å². The van der Waals surface area contributed by atoms with Crippen LogP contribution in [0.15, 0.2) is 83.8 Å². The van der Waals surface area contributed by atoms with E-state index in [1.54, 1.807) is 30.3 Å². The number of nitrogens with one attached hydrogen (secondary N) is 1. The topological polar surface area (TPSA) is 66.5 Å². The summed E-state index contributed by atoms with van der Waals surface area (Å²) in [5, 5.41) is 2.86. The molecule has 0 saturated carbocycles. The molecule has 6 heteroatoms. The molecule has 3 aromatic carbocycles. The van der Waals surface area contributed by atoms with E-state index in [2.05, 4.69) is 5.32 Å². The van der Waals surface area contributed by atoms with Crippen molar-refractivity contribution in [3.8, 4) is 0 Å². The summed E-state index contributed by atoms with van der Waals surface area (Å²) >= 11 is 0. The molecule has 3 aromatic rings. The van der Waals surface area contributed by atoms with E-state index in [1.165, 1.54) is 10.4 Å².